The highest BCUT2D eigenvalue weighted by atomic mass is 32.2. The number of aryl methyl sites for hydroxylation is 1. The molecule has 0 spiro atoms. The number of nitrogens with zero attached hydrogens (tertiary/aromatic N) is 5. The predicted molar refractivity (Wildman–Crippen MR) is 111 cm³/mol. The van der Waals surface area contributed by atoms with Crippen LogP contribution in [0, 0.1) is 0 Å². The summed E-state index contributed by atoms with van der Waals surface area (Å²) in [5.41, 5.74) is 7.76. The van der Waals surface area contributed by atoms with Gasteiger partial charge in [-0.1, -0.05) is 50.2 Å². The van der Waals surface area contributed by atoms with E-state index in [4.69, 9.17) is 5.73 Å². The average molecular weight is 401 g/mol. The molecule has 0 aliphatic rings. The molecular formula is C18H24N8OS. The fraction of sp³-hybridized carbons (Fsp3) is 0.389. The third kappa shape index (κ3) is 4.89. The van der Waals surface area contributed by atoms with Crippen LogP contribution >= 0.6 is 11.8 Å². The first kappa shape index (κ1) is 19.9. The highest BCUT2D eigenvalue weighted by Gasteiger charge is 2.12. The molecule has 148 valence electrons. The summed E-state index contributed by atoms with van der Waals surface area (Å²) in [6.07, 6.45) is 2.80. The van der Waals surface area contributed by atoms with E-state index < -0.39 is 0 Å². The fourth-order valence-electron chi connectivity index (χ4n) is 2.69. The fourth-order valence-corrected chi connectivity index (χ4v) is 3.51. The van der Waals surface area contributed by atoms with E-state index in [1.807, 2.05) is 18.2 Å². The number of nitrogen functional groups attached to an aromatic ring is 1. The number of unbranched alkanes of at least 4 members (excludes halogenated alkanes) is 1. The molecule has 0 aliphatic heterocycles. The smallest absolute Gasteiger partial charge is 0.343 e. The Morgan fingerprint density at radius 3 is 2.82 bits per heavy atom. The normalized spacial score (nSPS) is 10.9. The zero-order chi connectivity index (χ0) is 19.9. The average Bonchev–Trinajstić information content (AvgIpc) is 3.04. The lowest BCUT2D eigenvalue weighted by Crippen LogP contribution is -2.17. The van der Waals surface area contributed by atoms with Crippen molar-refractivity contribution in [2.45, 2.75) is 50.6 Å². The molecule has 3 rings (SSSR count). The number of nitrogens with two attached hydrogens (primary N) is 1. The Balaban J connectivity index is 1.75. The van der Waals surface area contributed by atoms with Crippen LogP contribution in [0.4, 0.5) is 17.6 Å². The lowest BCUT2D eigenvalue weighted by Gasteiger charge is -2.10. The van der Waals surface area contributed by atoms with Crippen LogP contribution < -0.4 is 16.7 Å². The summed E-state index contributed by atoms with van der Waals surface area (Å²) >= 11 is 1.39. The summed E-state index contributed by atoms with van der Waals surface area (Å²) in [5.74, 6) is 1.49. The number of aromatic amines is 1. The van der Waals surface area contributed by atoms with Crippen molar-refractivity contribution in [1.82, 2.24) is 29.7 Å². The second kappa shape index (κ2) is 9.36. The standard InChI is InChI=1S/C18H24N8OS/c1-3-5-10-26-17(27)24-25-18(26)28-11-14-21-15(19)23-16(22-14)20-13-9-7-6-8-12(13)4-2/h6-9H,3-5,10-11H2,1-2H3,(H,24,27)(H3,19,20,21,22,23). The number of hydrogen-bond donors (Lipinski definition) is 3. The Morgan fingerprint density at radius 1 is 1.21 bits per heavy atom. The summed E-state index contributed by atoms with van der Waals surface area (Å²) in [6, 6.07) is 7.98. The van der Waals surface area contributed by atoms with Crippen LogP contribution in [0.1, 0.15) is 38.1 Å². The third-order valence-electron chi connectivity index (χ3n) is 4.13. The molecule has 0 unspecified atom stereocenters. The molecule has 10 heteroatoms. The molecule has 0 atom stereocenters. The number of thioether (sulfide) groups is 1. The van der Waals surface area contributed by atoms with Crippen molar-refractivity contribution in [2.24, 2.45) is 0 Å². The van der Waals surface area contributed by atoms with Gasteiger partial charge >= 0.3 is 5.69 Å². The Hall–Kier alpha value is -2.88. The highest BCUT2D eigenvalue weighted by molar-refractivity contribution is 7.98. The largest absolute Gasteiger partial charge is 0.368 e. The number of H-pyrrole nitrogens is 1. The van der Waals surface area contributed by atoms with Gasteiger partial charge in [0.05, 0.1) is 5.75 Å². The Labute approximate surface area is 167 Å². The lowest BCUT2D eigenvalue weighted by molar-refractivity contribution is 0.573. The first-order chi connectivity index (χ1) is 13.6. The van der Waals surface area contributed by atoms with Crippen molar-refractivity contribution in [3.63, 3.8) is 0 Å². The molecule has 28 heavy (non-hydrogen) atoms. The first-order valence-electron chi connectivity index (χ1n) is 9.24. The molecule has 4 N–H and O–H groups in total. The molecule has 3 aromatic rings. The number of anilines is 3. The van der Waals surface area contributed by atoms with E-state index in [1.165, 1.54) is 11.8 Å². The van der Waals surface area contributed by atoms with Gasteiger partial charge in [-0.05, 0) is 24.5 Å². The van der Waals surface area contributed by atoms with E-state index in [-0.39, 0.29) is 11.6 Å². The lowest BCUT2D eigenvalue weighted by atomic mass is 10.1. The summed E-state index contributed by atoms with van der Waals surface area (Å²) in [4.78, 5) is 24.7. The van der Waals surface area contributed by atoms with Crippen molar-refractivity contribution in [1.29, 1.82) is 0 Å². The van der Waals surface area contributed by atoms with Crippen molar-refractivity contribution < 1.29 is 0 Å². The molecule has 0 bridgehead atoms. The molecule has 2 aromatic heterocycles. The molecular weight excluding hydrogens is 376 g/mol. The quantitative estimate of drug-likeness (QED) is 0.468. The van der Waals surface area contributed by atoms with Gasteiger partial charge in [-0.2, -0.15) is 15.0 Å². The van der Waals surface area contributed by atoms with Gasteiger partial charge in [0.2, 0.25) is 11.9 Å². The van der Waals surface area contributed by atoms with Gasteiger partial charge in [0.25, 0.3) is 0 Å². The summed E-state index contributed by atoms with van der Waals surface area (Å²) < 4.78 is 1.63. The van der Waals surface area contributed by atoms with Gasteiger partial charge in [0.15, 0.2) is 5.16 Å². The Bertz CT molecular complexity index is 984. The minimum absolute atomic E-state index is 0.146. The van der Waals surface area contributed by atoms with Crippen LogP contribution in [-0.2, 0) is 18.7 Å². The van der Waals surface area contributed by atoms with Crippen molar-refractivity contribution in [3.05, 3.63) is 46.1 Å². The Morgan fingerprint density at radius 2 is 2.04 bits per heavy atom. The van der Waals surface area contributed by atoms with E-state index in [2.05, 4.69) is 50.4 Å². The summed E-state index contributed by atoms with van der Waals surface area (Å²) in [7, 11) is 0. The van der Waals surface area contributed by atoms with Crippen molar-refractivity contribution in [2.75, 3.05) is 11.1 Å². The number of para-hydroxylation sites is 1. The number of aromatic nitrogens is 6. The number of rotatable bonds is 9. The monoisotopic (exact) mass is 400 g/mol. The molecule has 0 aliphatic carbocycles. The van der Waals surface area contributed by atoms with Crippen molar-refractivity contribution in [3.8, 4) is 0 Å². The molecule has 1 aromatic carbocycles. The van der Waals surface area contributed by atoms with Crippen molar-refractivity contribution >= 4 is 29.3 Å². The summed E-state index contributed by atoms with van der Waals surface area (Å²) in [5, 5.41) is 10.4. The van der Waals surface area contributed by atoms with Gasteiger partial charge in [-0.3, -0.25) is 4.57 Å². The van der Waals surface area contributed by atoms with E-state index in [9.17, 15) is 4.79 Å². The van der Waals surface area contributed by atoms with Crippen LogP contribution in [0.15, 0.2) is 34.2 Å². The van der Waals surface area contributed by atoms with Crippen LogP contribution in [0.2, 0.25) is 0 Å². The number of benzene rings is 1. The minimum Gasteiger partial charge on any atom is -0.368 e. The molecule has 0 fully saturated rings. The maximum atomic E-state index is 11.9. The van der Waals surface area contributed by atoms with E-state index in [0.29, 0.717) is 29.2 Å². The third-order valence-corrected chi connectivity index (χ3v) is 5.11. The van der Waals surface area contributed by atoms with E-state index in [1.54, 1.807) is 4.57 Å². The van der Waals surface area contributed by atoms with E-state index >= 15 is 0 Å². The predicted octanol–water partition coefficient (Wildman–Crippen LogP) is 2.74. The topological polar surface area (TPSA) is 127 Å². The molecule has 0 amide bonds. The van der Waals surface area contributed by atoms with Crippen LogP contribution in [0.5, 0.6) is 0 Å². The van der Waals surface area contributed by atoms with E-state index in [0.717, 1.165) is 30.5 Å². The molecule has 2 heterocycles. The van der Waals surface area contributed by atoms with Gasteiger partial charge < -0.3 is 11.1 Å². The van der Waals surface area contributed by atoms with Gasteiger partial charge in [-0.25, -0.2) is 9.89 Å². The highest BCUT2D eigenvalue weighted by Crippen LogP contribution is 2.22. The molecule has 0 saturated heterocycles. The van der Waals surface area contributed by atoms with Gasteiger partial charge in [0.1, 0.15) is 5.82 Å². The number of nitrogens with one attached hydrogen (secondary N) is 2. The molecule has 0 radical (unpaired) electrons. The van der Waals surface area contributed by atoms with Gasteiger partial charge in [-0.15, -0.1) is 5.10 Å². The molecule has 9 nitrogen and oxygen atoms in total. The summed E-state index contributed by atoms with van der Waals surface area (Å²) in [6.45, 7) is 4.80. The first-order valence-corrected chi connectivity index (χ1v) is 10.2. The second-order valence-corrected chi connectivity index (χ2v) is 7.12. The van der Waals surface area contributed by atoms with Crippen LogP contribution in [0.25, 0.3) is 0 Å². The SMILES string of the molecule is CCCCn1c(SCc2nc(N)nc(Nc3ccccc3CC)n2)n[nH]c1=O. The van der Waals surface area contributed by atoms with Gasteiger partial charge in [0, 0.05) is 12.2 Å². The van der Waals surface area contributed by atoms with Crippen LogP contribution in [0.3, 0.4) is 0 Å². The maximum absolute atomic E-state index is 11.9. The van der Waals surface area contributed by atoms with Crippen LogP contribution in [-0.4, -0.2) is 29.7 Å². The zero-order valence-electron chi connectivity index (χ0n) is 16.0. The Kier molecular flexibility index (Phi) is 6.64. The second-order valence-electron chi connectivity index (χ2n) is 6.17. The minimum atomic E-state index is -0.204. The molecule has 0 saturated carbocycles. The number of hydrogen-bond acceptors (Lipinski definition) is 8. The maximum Gasteiger partial charge on any atom is 0.343 e. The zero-order valence-corrected chi connectivity index (χ0v) is 16.8.